The second-order valence-electron chi connectivity index (χ2n) is 4.54. The Morgan fingerprint density at radius 2 is 2.18 bits per heavy atom. The first-order valence-corrected chi connectivity index (χ1v) is 6.45. The summed E-state index contributed by atoms with van der Waals surface area (Å²) in [5, 5.41) is 0. The van der Waals surface area contributed by atoms with Crippen molar-refractivity contribution in [2.24, 2.45) is 5.73 Å². The number of ether oxygens (including phenoxy) is 1. The number of hydrogen-bond donors (Lipinski definition) is 1. The molecule has 3 heteroatoms. The molecule has 94 valence electrons. The molecule has 1 fully saturated rings. The SMILES string of the molecule is CCC1COCCN1C(CN)c1ccccc1. The maximum atomic E-state index is 5.97. The lowest BCUT2D eigenvalue weighted by Crippen LogP contribution is -2.48. The molecule has 1 aromatic rings. The van der Waals surface area contributed by atoms with E-state index in [1.54, 1.807) is 0 Å². The van der Waals surface area contributed by atoms with Crippen molar-refractivity contribution >= 4 is 0 Å². The molecular formula is C14H22N2O. The number of benzene rings is 1. The fourth-order valence-electron chi connectivity index (χ4n) is 2.57. The average Bonchev–Trinajstić information content (AvgIpc) is 2.41. The van der Waals surface area contributed by atoms with Gasteiger partial charge in [0.05, 0.1) is 13.2 Å². The standard InChI is InChI=1S/C14H22N2O/c1-2-13-11-17-9-8-16(13)14(10-15)12-6-4-3-5-7-12/h3-7,13-14H,2,8-11,15H2,1H3. The number of hydrogen-bond acceptors (Lipinski definition) is 3. The molecule has 1 aliphatic heterocycles. The molecule has 0 saturated carbocycles. The summed E-state index contributed by atoms with van der Waals surface area (Å²) in [7, 11) is 0. The molecule has 0 spiro atoms. The Labute approximate surface area is 104 Å². The molecule has 2 rings (SSSR count). The first-order valence-electron chi connectivity index (χ1n) is 6.45. The van der Waals surface area contributed by atoms with Gasteiger partial charge in [-0.25, -0.2) is 0 Å². The van der Waals surface area contributed by atoms with E-state index in [2.05, 4.69) is 36.1 Å². The summed E-state index contributed by atoms with van der Waals surface area (Å²) < 4.78 is 5.55. The largest absolute Gasteiger partial charge is 0.378 e. The number of nitrogens with two attached hydrogens (primary N) is 1. The van der Waals surface area contributed by atoms with Gasteiger partial charge in [-0.3, -0.25) is 4.90 Å². The summed E-state index contributed by atoms with van der Waals surface area (Å²) in [6.45, 7) is 5.51. The lowest BCUT2D eigenvalue weighted by molar-refractivity contribution is -0.0291. The van der Waals surface area contributed by atoms with Gasteiger partial charge in [-0.05, 0) is 12.0 Å². The molecule has 2 atom stereocenters. The molecule has 0 amide bonds. The van der Waals surface area contributed by atoms with Crippen LogP contribution in [0, 0.1) is 0 Å². The van der Waals surface area contributed by atoms with E-state index >= 15 is 0 Å². The quantitative estimate of drug-likeness (QED) is 0.863. The monoisotopic (exact) mass is 234 g/mol. The zero-order chi connectivity index (χ0) is 12.1. The van der Waals surface area contributed by atoms with Gasteiger partial charge in [-0.15, -0.1) is 0 Å². The highest BCUT2D eigenvalue weighted by molar-refractivity contribution is 5.19. The van der Waals surface area contributed by atoms with Gasteiger partial charge in [0.1, 0.15) is 0 Å². The molecule has 2 unspecified atom stereocenters. The van der Waals surface area contributed by atoms with E-state index in [1.807, 2.05) is 6.07 Å². The van der Waals surface area contributed by atoms with Crippen molar-refractivity contribution < 1.29 is 4.74 Å². The van der Waals surface area contributed by atoms with Crippen LogP contribution in [-0.4, -0.2) is 37.2 Å². The van der Waals surface area contributed by atoms with Crippen LogP contribution in [-0.2, 0) is 4.74 Å². The van der Waals surface area contributed by atoms with Gasteiger partial charge in [0.25, 0.3) is 0 Å². The van der Waals surface area contributed by atoms with Crippen LogP contribution in [0.2, 0.25) is 0 Å². The number of rotatable bonds is 4. The van der Waals surface area contributed by atoms with Crippen LogP contribution >= 0.6 is 0 Å². The fraction of sp³-hybridized carbons (Fsp3) is 0.571. The van der Waals surface area contributed by atoms with Gasteiger partial charge in [0, 0.05) is 25.2 Å². The highest BCUT2D eigenvalue weighted by Gasteiger charge is 2.28. The van der Waals surface area contributed by atoms with E-state index in [0.29, 0.717) is 18.6 Å². The minimum atomic E-state index is 0.324. The Morgan fingerprint density at radius 1 is 1.41 bits per heavy atom. The third-order valence-electron chi connectivity index (χ3n) is 3.55. The highest BCUT2D eigenvalue weighted by Crippen LogP contribution is 2.24. The van der Waals surface area contributed by atoms with Crippen molar-refractivity contribution in [3.8, 4) is 0 Å². The highest BCUT2D eigenvalue weighted by atomic mass is 16.5. The molecule has 2 N–H and O–H groups in total. The molecule has 1 heterocycles. The Kier molecular flexibility index (Phi) is 4.54. The summed E-state index contributed by atoms with van der Waals surface area (Å²) in [4.78, 5) is 2.50. The Balaban J connectivity index is 2.16. The maximum absolute atomic E-state index is 5.97. The van der Waals surface area contributed by atoms with Crippen molar-refractivity contribution in [1.82, 2.24) is 4.90 Å². The van der Waals surface area contributed by atoms with Crippen LogP contribution in [0.5, 0.6) is 0 Å². The zero-order valence-corrected chi connectivity index (χ0v) is 10.5. The Bertz CT molecular complexity index is 328. The molecule has 0 aliphatic carbocycles. The van der Waals surface area contributed by atoms with Crippen molar-refractivity contribution in [3.63, 3.8) is 0 Å². The molecule has 3 nitrogen and oxygen atoms in total. The molecule has 0 aromatic heterocycles. The van der Waals surface area contributed by atoms with Crippen molar-refractivity contribution in [1.29, 1.82) is 0 Å². The normalized spacial score (nSPS) is 23.5. The van der Waals surface area contributed by atoms with E-state index < -0.39 is 0 Å². The van der Waals surface area contributed by atoms with E-state index in [0.717, 1.165) is 26.2 Å². The number of nitrogens with zero attached hydrogens (tertiary/aromatic N) is 1. The summed E-state index contributed by atoms with van der Waals surface area (Å²) in [6, 6.07) is 11.4. The van der Waals surface area contributed by atoms with Crippen molar-refractivity contribution in [2.45, 2.75) is 25.4 Å². The minimum absolute atomic E-state index is 0.324. The summed E-state index contributed by atoms with van der Waals surface area (Å²) in [6.07, 6.45) is 1.11. The summed E-state index contributed by atoms with van der Waals surface area (Å²) in [5.74, 6) is 0. The molecule has 17 heavy (non-hydrogen) atoms. The lowest BCUT2D eigenvalue weighted by Gasteiger charge is -2.40. The third kappa shape index (κ3) is 2.86. The van der Waals surface area contributed by atoms with E-state index in [4.69, 9.17) is 10.5 Å². The molecular weight excluding hydrogens is 212 g/mol. The van der Waals surface area contributed by atoms with Gasteiger partial charge in [-0.2, -0.15) is 0 Å². The summed E-state index contributed by atoms with van der Waals surface area (Å²) >= 11 is 0. The predicted octanol–water partition coefficient (Wildman–Crippen LogP) is 1.80. The first kappa shape index (κ1) is 12.6. The fourth-order valence-corrected chi connectivity index (χ4v) is 2.57. The maximum Gasteiger partial charge on any atom is 0.0622 e. The Hall–Kier alpha value is -0.900. The van der Waals surface area contributed by atoms with Gasteiger partial charge >= 0.3 is 0 Å². The second-order valence-corrected chi connectivity index (χ2v) is 4.54. The van der Waals surface area contributed by atoms with Crippen LogP contribution in [0.4, 0.5) is 0 Å². The smallest absolute Gasteiger partial charge is 0.0622 e. The van der Waals surface area contributed by atoms with Crippen molar-refractivity contribution in [2.75, 3.05) is 26.3 Å². The topological polar surface area (TPSA) is 38.5 Å². The lowest BCUT2D eigenvalue weighted by atomic mass is 10.0. The van der Waals surface area contributed by atoms with Gasteiger partial charge in [0.15, 0.2) is 0 Å². The van der Waals surface area contributed by atoms with Crippen molar-refractivity contribution in [3.05, 3.63) is 35.9 Å². The van der Waals surface area contributed by atoms with Crippen LogP contribution in [0.15, 0.2) is 30.3 Å². The third-order valence-corrected chi connectivity index (χ3v) is 3.55. The van der Waals surface area contributed by atoms with Crippen LogP contribution in [0.3, 0.4) is 0 Å². The first-order chi connectivity index (χ1) is 8.36. The second kappa shape index (κ2) is 6.15. The average molecular weight is 234 g/mol. The molecule has 1 aliphatic rings. The summed E-state index contributed by atoms with van der Waals surface area (Å²) in [5.41, 5.74) is 7.29. The van der Waals surface area contributed by atoms with Crippen LogP contribution in [0.1, 0.15) is 24.9 Å². The van der Waals surface area contributed by atoms with Gasteiger partial charge in [-0.1, -0.05) is 37.3 Å². The zero-order valence-electron chi connectivity index (χ0n) is 10.5. The molecule has 0 radical (unpaired) electrons. The molecule has 1 aromatic carbocycles. The van der Waals surface area contributed by atoms with Crippen LogP contribution < -0.4 is 5.73 Å². The molecule has 0 bridgehead atoms. The Morgan fingerprint density at radius 3 is 2.82 bits per heavy atom. The van der Waals surface area contributed by atoms with E-state index in [1.165, 1.54) is 5.56 Å². The predicted molar refractivity (Wildman–Crippen MR) is 69.8 cm³/mol. The van der Waals surface area contributed by atoms with E-state index in [-0.39, 0.29) is 0 Å². The number of morpholine rings is 1. The van der Waals surface area contributed by atoms with Crippen LogP contribution in [0.25, 0.3) is 0 Å². The minimum Gasteiger partial charge on any atom is -0.378 e. The molecule has 1 saturated heterocycles. The van der Waals surface area contributed by atoms with Gasteiger partial charge < -0.3 is 10.5 Å². The van der Waals surface area contributed by atoms with E-state index in [9.17, 15) is 0 Å². The van der Waals surface area contributed by atoms with Gasteiger partial charge in [0.2, 0.25) is 0 Å².